The van der Waals surface area contributed by atoms with E-state index in [0.29, 0.717) is 12.8 Å². The number of hydrogen-bond acceptors (Lipinski definition) is 8. The summed E-state index contributed by atoms with van der Waals surface area (Å²) in [6, 6.07) is 3.13. The van der Waals surface area contributed by atoms with Crippen molar-refractivity contribution in [2.45, 2.75) is 25.1 Å². The summed E-state index contributed by atoms with van der Waals surface area (Å²) < 4.78 is 42.8. The minimum absolute atomic E-state index is 0.0739. The number of hydrazine groups is 1. The van der Waals surface area contributed by atoms with Crippen molar-refractivity contribution in [2.24, 2.45) is 5.73 Å². The molecule has 29 heavy (non-hydrogen) atoms. The molecule has 1 saturated heterocycles. The summed E-state index contributed by atoms with van der Waals surface area (Å²) in [6.07, 6.45) is -4.60. The van der Waals surface area contributed by atoms with Gasteiger partial charge in [-0.25, -0.2) is 4.79 Å². The topological polar surface area (TPSA) is 128 Å². The second-order valence-corrected chi connectivity index (χ2v) is 6.40. The van der Waals surface area contributed by atoms with E-state index in [4.69, 9.17) is 22.1 Å². The predicted molar refractivity (Wildman–Crippen MR) is 91.4 cm³/mol. The first-order valence-electron chi connectivity index (χ1n) is 8.18. The van der Waals surface area contributed by atoms with Gasteiger partial charge in [0.05, 0.1) is 11.0 Å². The lowest BCUT2D eigenvalue weighted by atomic mass is 10.1. The van der Waals surface area contributed by atoms with Crippen molar-refractivity contribution in [3.63, 3.8) is 0 Å². The largest absolute Gasteiger partial charge is 0.493 e. The van der Waals surface area contributed by atoms with Crippen molar-refractivity contribution in [1.29, 1.82) is 0 Å². The van der Waals surface area contributed by atoms with Crippen molar-refractivity contribution in [2.75, 3.05) is 19.7 Å². The molecule has 0 spiro atoms. The normalized spacial score (nSPS) is 15.6. The number of carbonyl (C=O) groups is 2. The first-order valence-corrected chi connectivity index (χ1v) is 8.56. The van der Waals surface area contributed by atoms with Gasteiger partial charge in [0.1, 0.15) is 10.8 Å². The molecule has 2 N–H and O–H groups in total. The Kier molecular flexibility index (Phi) is 7.21. The molecule has 1 aromatic carbocycles. The number of hydrogen-bond donors (Lipinski definition) is 1. The van der Waals surface area contributed by atoms with Crippen molar-refractivity contribution in [1.82, 2.24) is 10.2 Å². The summed E-state index contributed by atoms with van der Waals surface area (Å²) in [4.78, 5) is 37.9. The molecule has 0 radical (unpaired) electrons. The van der Waals surface area contributed by atoms with Crippen LogP contribution in [0.4, 0.5) is 18.9 Å². The van der Waals surface area contributed by atoms with Crippen molar-refractivity contribution >= 4 is 29.2 Å². The Morgan fingerprint density at radius 3 is 2.52 bits per heavy atom. The van der Waals surface area contributed by atoms with Gasteiger partial charge in [0.2, 0.25) is 0 Å². The Bertz CT molecular complexity index is 786. The number of nitro benzene ring substituents is 1. The van der Waals surface area contributed by atoms with Crippen molar-refractivity contribution < 1.29 is 37.3 Å². The van der Waals surface area contributed by atoms with Crippen LogP contribution in [0.1, 0.15) is 12.8 Å². The summed E-state index contributed by atoms with van der Waals surface area (Å²) in [5, 5.41) is 12.0. The van der Waals surface area contributed by atoms with Crippen LogP contribution < -0.4 is 10.5 Å². The monoisotopic (exact) mass is 440 g/mol. The lowest BCUT2D eigenvalue weighted by Crippen LogP contribution is -2.54. The smallest absolute Gasteiger partial charge is 0.483 e. The van der Waals surface area contributed by atoms with Gasteiger partial charge >= 0.3 is 18.1 Å². The van der Waals surface area contributed by atoms with Gasteiger partial charge in [-0.05, 0) is 25.0 Å². The zero-order chi connectivity index (χ0) is 21.8. The number of hydroxylamine groups is 1. The lowest BCUT2D eigenvalue weighted by molar-refractivity contribution is -0.384. The van der Waals surface area contributed by atoms with Gasteiger partial charge in [0.15, 0.2) is 6.61 Å². The third-order valence-electron chi connectivity index (χ3n) is 3.86. The highest BCUT2D eigenvalue weighted by Crippen LogP contribution is 2.28. The maximum Gasteiger partial charge on any atom is 0.493 e. The minimum atomic E-state index is -5.32. The molecule has 1 fully saturated rings. The van der Waals surface area contributed by atoms with E-state index in [0.717, 1.165) is 17.1 Å². The standard InChI is InChI=1S/C15H16ClF3N4O6/c16-11-2-1-10(7-12(11)23(26)27)28-8-13(24)22(29-14(25)15(17,18)19)21-5-3-9(20)4-6-21/h1-2,7,9H,3-6,8,20H2. The molecular weight excluding hydrogens is 425 g/mol. The SMILES string of the molecule is NC1CCN(N(OC(=O)C(F)(F)F)C(=O)COc2ccc(Cl)c([N+](=O)[O-])c2)CC1. The minimum Gasteiger partial charge on any atom is -0.483 e. The molecule has 0 bridgehead atoms. The van der Waals surface area contributed by atoms with E-state index in [1.807, 2.05) is 0 Å². The van der Waals surface area contributed by atoms with Crippen LogP contribution in [0.25, 0.3) is 0 Å². The third kappa shape index (κ3) is 6.17. The van der Waals surface area contributed by atoms with E-state index in [1.165, 1.54) is 6.07 Å². The average Bonchev–Trinajstić information content (AvgIpc) is 2.64. The van der Waals surface area contributed by atoms with E-state index < -0.39 is 35.3 Å². The van der Waals surface area contributed by atoms with Gasteiger partial charge in [-0.3, -0.25) is 14.9 Å². The predicted octanol–water partition coefficient (Wildman–Crippen LogP) is 1.81. The Morgan fingerprint density at radius 1 is 1.34 bits per heavy atom. The number of nitrogens with zero attached hydrogens (tertiary/aromatic N) is 3. The summed E-state index contributed by atoms with van der Waals surface area (Å²) in [5.41, 5.74) is 5.24. The Balaban J connectivity index is 2.11. The molecule has 0 aromatic heterocycles. The molecule has 1 heterocycles. The van der Waals surface area contributed by atoms with E-state index in [9.17, 15) is 32.9 Å². The average molecular weight is 441 g/mol. The first kappa shape index (κ1) is 22.6. The Morgan fingerprint density at radius 2 is 1.97 bits per heavy atom. The zero-order valence-electron chi connectivity index (χ0n) is 14.7. The molecule has 0 aliphatic carbocycles. The summed E-state index contributed by atoms with van der Waals surface area (Å²) >= 11 is 5.66. The van der Waals surface area contributed by atoms with Crippen LogP contribution in [-0.4, -0.2) is 58.9 Å². The molecule has 160 valence electrons. The fourth-order valence-electron chi connectivity index (χ4n) is 2.39. The van der Waals surface area contributed by atoms with Crippen molar-refractivity contribution in [3.8, 4) is 5.75 Å². The van der Waals surface area contributed by atoms with Gasteiger partial charge in [-0.15, -0.1) is 0 Å². The van der Waals surface area contributed by atoms with Crippen LogP contribution in [0, 0.1) is 10.1 Å². The lowest BCUT2D eigenvalue weighted by Gasteiger charge is -2.36. The van der Waals surface area contributed by atoms with Gasteiger partial charge < -0.3 is 15.3 Å². The zero-order valence-corrected chi connectivity index (χ0v) is 15.5. The van der Waals surface area contributed by atoms with E-state index in [-0.39, 0.29) is 35.1 Å². The molecule has 1 aliphatic heterocycles. The van der Waals surface area contributed by atoms with E-state index in [2.05, 4.69) is 4.84 Å². The van der Waals surface area contributed by atoms with E-state index >= 15 is 0 Å². The Labute approximate surface area is 166 Å². The van der Waals surface area contributed by atoms with Crippen LogP contribution >= 0.6 is 11.6 Å². The molecule has 0 saturated carbocycles. The number of nitro groups is 1. The van der Waals surface area contributed by atoms with Gasteiger partial charge in [-0.1, -0.05) is 16.8 Å². The van der Waals surface area contributed by atoms with Gasteiger partial charge in [-0.2, -0.15) is 18.2 Å². The van der Waals surface area contributed by atoms with Gasteiger partial charge in [0.25, 0.3) is 5.69 Å². The van der Waals surface area contributed by atoms with Crippen LogP contribution in [0.3, 0.4) is 0 Å². The van der Waals surface area contributed by atoms with E-state index in [1.54, 1.807) is 0 Å². The number of ether oxygens (including phenoxy) is 1. The first-order chi connectivity index (χ1) is 13.5. The van der Waals surface area contributed by atoms with Crippen LogP contribution in [-0.2, 0) is 14.4 Å². The third-order valence-corrected chi connectivity index (χ3v) is 4.18. The highest BCUT2D eigenvalue weighted by atomic mass is 35.5. The molecule has 1 aromatic rings. The maximum atomic E-state index is 12.6. The molecule has 14 heteroatoms. The molecule has 0 atom stereocenters. The molecule has 0 unspecified atom stereocenters. The summed E-state index contributed by atoms with van der Waals surface area (Å²) in [5.74, 6) is -3.84. The van der Waals surface area contributed by atoms with Crippen LogP contribution in [0.2, 0.25) is 5.02 Å². The fourth-order valence-corrected chi connectivity index (χ4v) is 2.57. The molecule has 1 aliphatic rings. The number of nitrogens with two attached hydrogens (primary N) is 1. The number of alkyl halides is 3. The molecular formula is C15H16ClF3N4O6. The quantitative estimate of drug-likeness (QED) is 0.542. The Hall–Kier alpha value is -2.64. The molecule has 10 nitrogen and oxygen atoms in total. The number of rotatable bonds is 5. The fraction of sp³-hybridized carbons (Fsp3) is 0.467. The molecule has 1 amide bonds. The van der Waals surface area contributed by atoms with Crippen LogP contribution in [0.5, 0.6) is 5.75 Å². The highest BCUT2D eigenvalue weighted by molar-refractivity contribution is 6.32. The second-order valence-electron chi connectivity index (χ2n) is 5.99. The number of halogens is 4. The summed E-state index contributed by atoms with van der Waals surface area (Å²) in [6.45, 7) is -0.707. The van der Waals surface area contributed by atoms with Gasteiger partial charge in [0, 0.05) is 19.1 Å². The highest BCUT2D eigenvalue weighted by Gasteiger charge is 2.44. The number of amides is 1. The number of benzene rings is 1. The maximum absolute atomic E-state index is 12.6. The van der Waals surface area contributed by atoms with Crippen molar-refractivity contribution in [3.05, 3.63) is 33.3 Å². The number of piperidine rings is 1. The number of carbonyl (C=O) groups excluding carboxylic acids is 2. The summed E-state index contributed by atoms with van der Waals surface area (Å²) in [7, 11) is 0. The second kappa shape index (κ2) is 9.24. The van der Waals surface area contributed by atoms with Crippen LogP contribution in [0.15, 0.2) is 18.2 Å². The molecule has 2 rings (SSSR count).